The van der Waals surface area contributed by atoms with E-state index in [-0.39, 0.29) is 11.8 Å². The van der Waals surface area contributed by atoms with Gasteiger partial charge in [-0.2, -0.15) is 4.98 Å². The lowest BCUT2D eigenvalue weighted by atomic mass is 10.1. The van der Waals surface area contributed by atoms with Gasteiger partial charge in [0.05, 0.1) is 4.88 Å². The first-order valence-corrected chi connectivity index (χ1v) is 8.26. The van der Waals surface area contributed by atoms with Crippen molar-refractivity contribution in [2.45, 2.75) is 26.2 Å². The third-order valence-corrected chi connectivity index (χ3v) is 4.17. The number of anilines is 1. The molecule has 3 rings (SSSR count). The zero-order valence-electron chi connectivity index (χ0n) is 12.9. The summed E-state index contributed by atoms with van der Waals surface area (Å²) in [6, 6.07) is 11.3. The average Bonchev–Trinajstić information content (AvgIpc) is 3.20. The van der Waals surface area contributed by atoms with Gasteiger partial charge in [-0.1, -0.05) is 37.2 Å². The summed E-state index contributed by atoms with van der Waals surface area (Å²) < 4.78 is 5.20. The standard InChI is InChI=1S/C17H17N3O2S/c1-11(2)17-19-15(20-22-17)10-12-5-7-13(8-6-12)18-16(21)14-4-3-9-23-14/h3-9,11H,10H2,1-2H3,(H,18,21). The summed E-state index contributed by atoms with van der Waals surface area (Å²) in [5, 5.41) is 8.74. The smallest absolute Gasteiger partial charge is 0.265 e. The molecule has 0 aliphatic rings. The van der Waals surface area contributed by atoms with Gasteiger partial charge in [-0.15, -0.1) is 11.3 Å². The van der Waals surface area contributed by atoms with E-state index in [1.807, 2.05) is 49.6 Å². The minimum atomic E-state index is -0.0903. The summed E-state index contributed by atoms with van der Waals surface area (Å²) in [4.78, 5) is 17.0. The Morgan fingerprint density at radius 2 is 2.04 bits per heavy atom. The second-order valence-corrected chi connectivity index (χ2v) is 6.46. The van der Waals surface area contributed by atoms with Gasteiger partial charge in [0.2, 0.25) is 5.89 Å². The van der Waals surface area contributed by atoms with Crippen molar-refractivity contribution in [2.24, 2.45) is 0 Å². The summed E-state index contributed by atoms with van der Waals surface area (Å²) in [6.07, 6.45) is 0.607. The molecular formula is C17H17N3O2S. The Morgan fingerprint density at radius 1 is 1.26 bits per heavy atom. The predicted octanol–water partition coefficient (Wildman–Crippen LogP) is 4.10. The van der Waals surface area contributed by atoms with Crippen molar-refractivity contribution in [1.82, 2.24) is 10.1 Å². The first-order valence-electron chi connectivity index (χ1n) is 7.38. The first-order chi connectivity index (χ1) is 11.1. The second kappa shape index (κ2) is 6.75. The molecule has 1 amide bonds. The van der Waals surface area contributed by atoms with Gasteiger partial charge >= 0.3 is 0 Å². The van der Waals surface area contributed by atoms with Crippen LogP contribution in [0.5, 0.6) is 0 Å². The molecule has 0 radical (unpaired) electrons. The van der Waals surface area contributed by atoms with E-state index in [2.05, 4.69) is 15.5 Å². The zero-order valence-corrected chi connectivity index (χ0v) is 13.8. The van der Waals surface area contributed by atoms with Crippen molar-refractivity contribution in [3.63, 3.8) is 0 Å². The molecule has 6 heteroatoms. The highest BCUT2D eigenvalue weighted by Crippen LogP contribution is 2.17. The molecule has 118 valence electrons. The molecule has 0 saturated heterocycles. The zero-order chi connectivity index (χ0) is 16.2. The molecule has 3 aromatic rings. The Labute approximate surface area is 138 Å². The molecule has 0 aliphatic heterocycles. The highest BCUT2D eigenvalue weighted by Gasteiger charge is 2.11. The van der Waals surface area contributed by atoms with Crippen LogP contribution in [0.3, 0.4) is 0 Å². The predicted molar refractivity (Wildman–Crippen MR) is 89.9 cm³/mol. The van der Waals surface area contributed by atoms with Crippen LogP contribution in [0.4, 0.5) is 5.69 Å². The lowest BCUT2D eigenvalue weighted by molar-refractivity contribution is 0.103. The van der Waals surface area contributed by atoms with Crippen molar-refractivity contribution in [2.75, 3.05) is 5.32 Å². The van der Waals surface area contributed by atoms with Gasteiger partial charge in [0.1, 0.15) is 0 Å². The normalized spacial score (nSPS) is 10.9. The Morgan fingerprint density at radius 3 is 2.65 bits per heavy atom. The van der Waals surface area contributed by atoms with Crippen LogP contribution in [0.15, 0.2) is 46.3 Å². The summed E-state index contributed by atoms with van der Waals surface area (Å²) in [5.41, 5.74) is 1.83. The fraction of sp³-hybridized carbons (Fsp3) is 0.235. The minimum absolute atomic E-state index is 0.0903. The van der Waals surface area contributed by atoms with Crippen molar-refractivity contribution in [3.05, 3.63) is 63.9 Å². The number of thiophene rings is 1. The Kier molecular flexibility index (Phi) is 4.52. The largest absolute Gasteiger partial charge is 0.339 e. The monoisotopic (exact) mass is 327 g/mol. The van der Waals surface area contributed by atoms with E-state index in [1.165, 1.54) is 11.3 Å². The molecule has 1 aromatic carbocycles. The van der Waals surface area contributed by atoms with Crippen LogP contribution in [-0.2, 0) is 6.42 Å². The van der Waals surface area contributed by atoms with Crippen LogP contribution in [-0.4, -0.2) is 16.0 Å². The molecule has 0 atom stereocenters. The van der Waals surface area contributed by atoms with Gasteiger partial charge in [-0.25, -0.2) is 0 Å². The van der Waals surface area contributed by atoms with Gasteiger partial charge in [-0.05, 0) is 29.1 Å². The van der Waals surface area contributed by atoms with E-state index in [9.17, 15) is 4.79 Å². The van der Waals surface area contributed by atoms with E-state index in [4.69, 9.17) is 4.52 Å². The molecular weight excluding hydrogens is 310 g/mol. The van der Waals surface area contributed by atoms with Gasteiger partial charge in [0, 0.05) is 18.0 Å². The van der Waals surface area contributed by atoms with Gasteiger partial charge in [-0.3, -0.25) is 4.79 Å². The molecule has 2 heterocycles. The molecule has 5 nitrogen and oxygen atoms in total. The molecule has 1 N–H and O–H groups in total. The molecule has 0 fully saturated rings. The maximum absolute atomic E-state index is 12.0. The van der Waals surface area contributed by atoms with E-state index >= 15 is 0 Å². The molecule has 0 aliphatic carbocycles. The van der Waals surface area contributed by atoms with E-state index in [0.29, 0.717) is 23.0 Å². The number of aromatic nitrogens is 2. The number of nitrogens with zero attached hydrogens (tertiary/aromatic N) is 2. The minimum Gasteiger partial charge on any atom is -0.339 e. The maximum atomic E-state index is 12.0. The highest BCUT2D eigenvalue weighted by atomic mass is 32.1. The molecule has 0 spiro atoms. The average molecular weight is 327 g/mol. The third kappa shape index (κ3) is 3.84. The van der Waals surface area contributed by atoms with Crippen LogP contribution in [0.2, 0.25) is 0 Å². The molecule has 0 bridgehead atoms. The topological polar surface area (TPSA) is 68.0 Å². The molecule has 0 unspecified atom stereocenters. The quantitative estimate of drug-likeness (QED) is 0.766. The van der Waals surface area contributed by atoms with Crippen LogP contribution < -0.4 is 5.32 Å². The van der Waals surface area contributed by atoms with E-state index in [0.717, 1.165) is 11.3 Å². The summed E-state index contributed by atoms with van der Waals surface area (Å²) in [5.74, 6) is 1.46. The first kappa shape index (κ1) is 15.4. The van der Waals surface area contributed by atoms with Crippen molar-refractivity contribution >= 4 is 22.9 Å². The lowest BCUT2D eigenvalue weighted by Gasteiger charge is -2.04. The second-order valence-electron chi connectivity index (χ2n) is 5.51. The van der Waals surface area contributed by atoms with Gasteiger partial charge < -0.3 is 9.84 Å². The summed E-state index contributed by atoms with van der Waals surface area (Å²) in [6.45, 7) is 4.03. The van der Waals surface area contributed by atoms with Gasteiger partial charge in [0.25, 0.3) is 5.91 Å². The third-order valence-electron chi connectivity index (χ3n) is 3.30. The molecule has 2 aromatic heterocycles. The van der Waals surface area contributed by atoms with Crippen molar-refractivity contribution in [1.29, 1.82) is 0 Å². The van der Waals surface area contributed by atoms with Crippen molar-refractivity contribution in [3.8, 4) is 0 Å². The fourth-order valence-corrected chi connectivity index (χ4v) is 2.68. The Bertz CT molecular complexity index is 777. The maximum Gasteiger partial charge on any atom is 0.265 e. The van der Waals surface area contributed by atoms with Crippen LogP contribution in [0, 0.1) is 0 Å². The van der Waals surface area contributed by atoms with Crippen LogP contribution in [0.1, 0.15) is 46.7 Å². The van der Waals surface area contributed by atoms with Crippen molar-refractivity contribution < 1.29 is 9.32 Å². The number of amides is 1. The Balaban J connectivity index is 1.63. The van der Waals surface area contributed by atoms with Crippen LogP contribution >= 0.6 is 11.3 Å². The number of carbonyl (C=O) groups excluding carboxylic acids is 1. The SMILES string of the molecule is CC(C)c1nc(Cc2ccc(NC(=O)c3cccs3)cc2)no1. The number of carbonyl (C=O) groups is 1. The van der Waals surface area contributed by atoms with E-state index in [1.54, 1.807) is 6.07 Å². The summed E-state index contributed by atoms with van der Waals surface area (Å²) >= 11 is 1.42. The lowest BCUT2D eigenvalue weighted by Crippen LogP contribution is -2.09. The number of hydrogen-bond donors (Lipinski definition) is 1. The number of nitrogens with one attached hydrogen (secondary N) is 1. The number of benzene rings is 1. The summed E-state index contributed by atoms with van der Waals surface area (Å²) in [7, 11) is 0. The highest BCUT2D eigenvalue weighted by molar-refractivity contribution is 7.12. The fourth-order valence-electron chi connectivity index (χ4n) is 2.06. The van der Waals surface area contributed by atoms with E-state index < -0.39 is 0 Å². The Hall–Kier alpha value is -2.47. The van der Waals surface area contributed by atoms with Gasteiger partial charge in [0.15, 0.2) is 5.82 Å². The number of rotatable bonds is 5. The van der Waals surface area contributed by atoms with Crippen LogP contribution in [0.25, 0.3) is 0 Å². The molecule has 23 heavy (non-hydrogen) atoms. The number of hydrogen-bond acceptors (Lipinski definition) is 5. The molecule has 0 saturated carbocycles.